The summed E-state index contributed by atoms with van der Waals surface area (Å²) in [4.78, 5) is 2.59. The summed E-state index contributed by atoms with van der Waals surface area (Å²) in [5, 5.41) is 8.78. The Kier molecular flexibility index (Phi) is 9.59. The predicted octanol–water partition coefficient (Wildman–Crippen LogP) is 3.83. The van der Waals surface area contributed by atoms with E-state index in [4.69, 9.17) is 5.11 Å². The number of rotatable bonds is 10. The van der Waals surface area contributed by atoms with E-state index in [9.17, 15) is 0 Å². The lowest BCUT2D eigenvalue weighted by Gasteiger charge is -2.32. The molecule has 108 valence electrons. The quantitative estimate of drug-likeness (QED) is 0.600. The zero-order valence-electron chi connectivity index (χ0n) is 12.4. The number of aliphatic hydroxyl groups is 1. The van der Waals surface area contributed by atoms with Crippen molar-refractivity contribution in [1.29, 1.82) is 0 Å². The van der Waals surface area contributed by atoms with Gasteiger partial charge in [-0.2, -0.15) is 0 Å². The average Bonchev–Trinajstić information content (AvgIpc) is 2.40. The maximum absolute atomic E-state index is 8.78. The van der Waals surface area contributed by atoms with Crippen LogP contribution in [0.4, 0.5) is 0 Å². The number of hydrogen-bond donors (Lipinski definition) is 1. The zero-order valence-corrected chi connectivity index (χ0v) is 12.4. The van der Waals surface area contributed by atoms with Crippen LogP contribution in [0.15, 0.2) is 0 Å². The van der Waals surface area contributed by atoms with E-state index in [-0.39, 0.29) is 0 Å². The van der Waals surface area contributed by atoms with Crippen LogP contribution in [-0.2, 0) is 0 Å². The van der Waals surface area contributed by atoms with E-state index in [1.165, 1.54) is 71.0 Å². The van der Waals surface area contributed by atoms with Crippen LogP contribution in [0.25, 0.3) is 0 Å². The highest BCUT2D eigenvalue weighted by Gasteiger charge is 2.18. The van der Waals surface area contributed by atoms with Crippen LogP contribution in [0.2, 0.25) is 0 Å². The first-order valence-corrected chi connectivity index (χ1v) is 8.20. The minimum Gasteiger partial charge on any atom is -0.396 e. The summed E-state index contributed by atoms with van der Waals surface area (Å²) in [5.41, 5.74) is 0. The van der Waals surface area contributed by atoms with Crippen LogP contribution in [0, 0.1) is 5.92 Å². The molecular weight excluding hydrogens is 222 g/mol. The Balaban J connectivity index is 1.94. The third kappa shape index (κ3) is 7.38. The molecule has 1 fully saturated rings. The number of nitrogens with zero attached hydrogens (tertiary/aromatic N) is 1. The summed E-state index contributed by atoms with van der Waals surface area (Å²) in [6.45, 7) is 6.43. The number of hydrogen-bond acceptors (Lipinski definition) is 2. The van der Waals surface area contributed by atoms with Crippen LogP contribution < -0.4 is 0 Å². The molecule has 0 aromatic rings. The van der Waals surface area contributed by atoms with Gasteiger partial charge in [-0.3, -0.25) is 0 Å². The van der Waals surface area contributed by atoms with E-state index in [0.29, 0.717) is 6.61 Å². The molecule has 2 nitrogen and oxygen atoms in total. The number of aliphatic hydroxyl groups excluding tert-OH is 1. The van der Waals surface area contributed by atoms with Gasteiger partial charge < -0.3 is 10.0 Å². The van der Waals surface area contributed by atoms with Crippen molar-refractivity contribution in [2.45, 2.75) is 71.1 Å². The minimum absolute atomic E-state index is 0.355. The lowest BCUT2D eigenvalue weighted by molar-refractivity contribution is 0.169. The summed E-state index contributed by atoms with van der Waals surface area (Å²) >= 11 is 0. The van der Waals surface area contributed by atoms with E-state index >= 15 is 0 Å². The van der Waals surface area contributed by atoms with Crippen molar-refractivity contribution in [2.24, 2.45) is 5.92 Å². The molecule has 1 rings (SSSR count). The molecule has 0 saturated carbocycles. The van der Waals surface area contributed by atoms with Crippen molar-refractivity contribution < 1.29 is 5.11 Å². The lowest BCUT2D eigenvalue weighted by Crippen LogP contribution is -2.34. The van der Waals surface area contributed by atoms with Crippen LogP contribution in [0.3, 0.4) is 0 Å². The van der Waals surface area contributed by atoms with E-state index in [1.807, 2.05) is 0 Å². The molecule has 1 aliphatic rings. The van der Waals surface area contributed by atoms with Gasteiger partial charge in [-0.25, -0.2) is 0 Å². The van der Waals surface area contributed by atoms with Gasteiger partial charge in [0.2, 0.25) is 0 Å². The first kappa shape index (κ1) is 16.0. The Bertz CT molecular complexity index is 176. The fraction of sp³-hybridized carbons (Fsp3) is 1.00. The summed E-state index contributed by atoms with van der Waals surface area (Å²) in [6.07, 6.45) is 13.5. The molecule has 0 aromatic heterocycles. The average molecular weight is 255 g/mol. The molecule has 0 radical (unpaired) electrons. The number of piperidine rings is 1. The van der Waals surface area contributed by atoms with Crippen LogP contribution >= 0.6 is 0 Å². The summed E-state index contributed by atoms with van der Waals surface area (Å²) in [5.74, 6) is 1.00. The van der Waals surface area contributed by atoms with E-state index in [1.54, 1.807) is 0 Å². The number of unbranched alkanes of at least 4 members (excludes halogenated alkanes) is 5. The van der Waals surface area contributed by atoms with Gasteiger partial charge in [0.25, 0.3) is 0 Å². The summed E-state index contributed by atoms with van der Waals surface area (Å²) in [6, 6.07) is 0. The second-order valence-electron chi connectivity index (χ2n) is 5.92. The molecule has 0 unspecified atom stereocenters. The molecule has 18 heavy (non-hydrogen) atoms. The van der Waals surface area contributed by atoms with Gasteiger partial charge in [0.1, 0.15) is 0 Å². The first-order chi connectivity index (χ1) is 8.86. The van der Waals surface area contributed by atoms with Crippen LogP contribution in [0.5, 0.6) is 0 Å². The van der Waals surface area contributed by atoms with Gasteiger partial charge in [0, 0.05) is 6.61 Å². The Morgan fingerprint density at radius 1 is 0.944 bits per heavy atom. The maximum atomic E-state index is 8.78. The topological polar surface area (TPSA) is 23.5 Å². The standard InChI is InChI=1S/C16H33NO/c1-2-3-4-5-6-9-16-10-13-17(14-11-16)12-7-8-15-18/h16,18H,2-15H2,1H3. The molecule has 2 heteroatoms. The van der Waals surface area contributed by atoms with Gasteiger partial charge in [-0.05, 0) is 51.2 Å². The second kappa shape index (κ2) is 10.8. The molecule has 1 aliphatic heterocycles. The molecule has 0 atom stereocenters. The molecule has 1 saturated heterocycles. The summed E-state index contributed by atoms with van der Waals surface area (Å²) in [7, 11) is 0. The Morgan fingerprint density at radius 2 is 1.67 bits per heavy atom. The van der Waals surface area contributed by atoms with Gasteiger partial charge in [-0.15, -0.1) is 0 Å². The third-order valence-electron chi connectivity index (χ3n) is 4.31. The third-order valence-corrected chi connectivity index (χ3v) is 4.31. The Morgan fingerprint density at radius 3 is 2.33 bits per heavy atom. The van der Waals surface area contributed by atoms with Crippen molar-refractivity contribution in [2.75, 3.05) is 26.2 Å². The zero-order chi connectivity index (χ0) is 13.1. The minimum atomic E-state index is 0.355. The SMILES string of the molecule is CCCCCCCC1CCN(CCCCO)CC1. The van der Waals surface area contributed by atoms with Crippen molar-refractivity contribution >= 4 is 0 Å². The lowest BCUT2D eigenvalue weighted by atomic mass is 9.91. The highest BCUT2D eigenvalue weighted by atomic mass is 16.2. The van der Waals surface area contributed by atoms with Crippen molar-refractivity contribution in [1.82, 2.24) is 4.90 Å². The Hall–Kier alpha value is -0.0800. The fourth-order valence-corrected chi connectivity index (χ4v) is 2.98. The van der Waals surface area contributed by atoms with E-state index in [0.717, 1.165) is 18.8 Å². The molecule has 0 spiro atoms. The smallest absolute Gasteiger partial charge is 0.0431 e. The highest BCUT2D eigenvalue weighted by molar-refractivity contribution is 4.72. The molecule has 1 heterocycles. The van der Waals surface area contributed by atoms with E-state index < -0.39 is 0 Å². The largest absolute Gasteiger partial charge is 0.396 e. The van der Waals surface area contributed by atoms with Crippen molar-refractivity contribution in [3.05, 3.63) is 0 Å². The fourth-order valence-electron chi connectivity index (χ4n) is 2.98. The highest BCUT2D eigenvalue weighted by Crippen LogP contribution is 2.23. The first-order valence-electron chi connectivity index (χ1n) is 8.20. The van der Waals surface area contributed by atoms with Crippen LogP contribution in [-0.4, -0.2) is 36.2 Å². The molecule has 0 bridgehead atoms. The summed E-state index contributed by atoms with van der Waals surface area (Å²) < 4.78 is 0. The van der Waals surface area contributed by atoms with Crippen LogP contribution in [0.1, 0.15) is 71.1 Å². The molecule has 0 aliphatic carbocycles. The monoisotopic (exact) mass is 255 g/mol. The van der Waals surface area contributed by atoms with E-state index in [2.05, 4.69) is 11.8 Å². The van der Waals surface area contributed by atoms with Crippen molar-refractivity contribution in [3.63, 3.8) is 0 Å². The van der Waals surface area contributed by atoms with Gasteiger partial charge in [0.05, 0.1) is 0 Å². The normalized spacial score (nSPS) is 18.3. The van der Waals surface area contributed by atoms with Gasteiger partial charge in [0.15, 0.2) is 0 Å². The molecule has 0 aromatic carbocycles. The van der Waals surface area contributed by atoms with Gasteiger partial charge in [-0.1, -0.05) is 45.4 Å². The molecule has 0 amide bonds. The van der Waals surface area contributed by atoms with Crippen molar-refractivity contribution in [3.8, 4) is 0 Å². The number of likely N-dealkylation sites (tertiary alicyclic amines) is 1. The molecule has 1 N–H and O–H groups in total. The molecular formula is C16H33NO. The maximum Gasteiger partial charge on any atom is 0.0431 e. The van der Waals surface area contributed by atoms with Gasteiger partial charge >= 0.3 is 0 Å². The predicted molar refractivity (Wildman–Crippen MR) is 78.9 cm³/mol. The second-order valence-corrected chi connectivity index (χ2v) is 5.92. The Labute approximate surface area is 114 Å².